The minimum Gasteiger partial charge on any atom is -0.422 e. The van der Waals surface area contributed by atoms with Crippen molar-refractivity contribution in [1.29, 1.82) is 0 Å². The predicted octanol–water partition coefficient (Wildman–Crippen LogP) is 4.35. The van der Waals surface area contributed by atoms with Gasteiger partial charge in [-0.15, -0.1) is 0 Å². The Hall–Kier alpha value is -3.22. The molecular formula is C24H21ClN4O2. The first kappa shape index (κ1) is 19.7. The van der Waals surface area contributed by atoms with Crippen LogP contribution in [0.2, 0.25) is 5.02 Å². The van der Waals surface area contributed by atoms with Crippen molar-refractivity contribution in [3.63, 3.8) is 0 Å². The number of benzene rings is 2. The van der Waals surface area contributed by atoms with Gasteiger partial charge in [-0.25, -0.2) is 14.8 Å². The first-order chi connectivity index (χ1) is 15.0. The van der Waals surface area contributed by atoms with E-state index in [1.807, 2.05) is 49.5 Å². The summed E-state index contributed by atoms with van der Waals surface area (Å²) in [6.45, 7) is 3.83. The molecule has 0 atom stereocenters. The van der Waals surface area contributed by atoms with Gasteiger partial charge in [0.25, 0.3) is 0 Å². The summed E-state index contributed by atoms with van der Waals surface area (Å²) in [5.41, 5.74) is 11.2. The Morgan fingerprint density at radius 2 is 2.00 bits per heavy atom. The van der Waals surface area contributed by atoms with Crippen molar-refractivity contribution in [1.82, 2.24) is 14.9 Å². The van der Waals surface area contributed by atoms with Crippen molar-refractivity contribution in [2.24, 2.45) is 0 Å². The third-order valence-electron chi connectivity index (χ3n) is 5.65. The SMILES string of the molecule is Cc1ccc2oc(=O)c(CN3CCc4nc(-c5ccc(N)cc5)ncc4C3)c(Cl)c2c1. The second-order valence-electron chi connectivity index (χ2n) is 7.93. The summed E-state index contributed by atoms with van der Waals surface area (Å²) in [7, 11) is 0. The number of aromatic nitrogens is 2. The largest absolute Gasteiger partial charge is 0.422 e. The van der Waals surface area contributed by atoms with Crippen molar-refractivity contribution in [2.75, 3.05) is 12.3 Å². The maximum absolute atomic E-state index is 12.6. The maximum Gasteiger partial charge on any atom is 0.342 e. The quantitative estimate of drug-likeness (QED) is 0.382. The molecule has 6 nitrogen and oxygen atoms in total. The number of aryl methyl sites for hydroxylation is 1. The van der Waals surface area contributed by atoms with Gasteiger partial charge in [0.15, 0.2) is 5.82 Å². The molecule has 0 unspecified atom stereocenters. The molecular weight excluding hydrogens is 412 g/mol. The van der Waals surface area contributed by atoms with Gasteiger partial charge in [-0.2, -0.15) is 0 Å². The number of anilines is 1. The zero-order valence-corrected chi connectivity index (χ0v) is 17.8. The van der Waals surface area contributed by atoms with Crippen LogP contribution in [0.25, 0.3) is 22.4 Å². The van der Waals surface area contributed by atoms with Crippen LogP contribution in [0.1, 0.15) is 22.4 Å². The molecule has 7 heteroatoms. The second kappa shape index (κ2) is 7.80. The summed E-state index contributed by atoms with van der Waals surface area (Å²) in [6, 6.07) is 13.2. The number of rotatable bonds is 3. The van der Waals surface area contributed by atoms with Crippen LogP contribution in [0.15, 0.2) is 57.9 Å². The molecule has 0 amide bonds. The van der Waals surface area contributed by atoms with Crippen LogP contribution in [0.5, 0.6) is 0 Å². The summed E-state index contributed by atoms with van der Waals surface area (Å²) < 4.78 is 5.51. The molecule has 0 bridgehead atoms. The summed E-state index contributed by atoms with van der Waals surface area (Å²) in [5.74, 6) is 0.695. The first-order valence-corrected chi connectivity index (χ1v) is 10.5. The molecule has 3 heterocycles. The first-order valence-electron chi connectivity index (χ1n) is 10.1. The third kappa shape index (κ3) is 3.80. The van der Waals surface area contributed by atoms with E-state index in [1.54, 1.807) is 6.07 Å². The van der Waals surface area contributed by atoms with Crippen LogP contribution >= 0.6 is 11.6 Å². The number of nitrogens with zero attached hydrogens (tertiary/aromatic N) is 3. The molecule has 156 valence electrons. The fraction of sp³-hybridized carbons (Fsp3) is 0.208. The Balaban J connectivity index is 1.40. The predicted molar refractivity (Wildman–Crippen MR) is 122 cm³/mol. The van der Waals surface area contributed by atoms with E-state index in [1.165, 1.54) is 0 Å². The third-order valence-corrected chi connectivity index (χ3v) is 6.08. The number of halogens is 1. The van der Waals surface area contributed by atoms with Gasteiger partial charge in [0, 0.05) is 54.5 Å². The van der Waals surface area contributed by atoms with Crippen molar-refractivity contribution in [3.8, 4) is 11.4 Å². The zero-order valence-electron chi connectivity index (χ0n) is 17.1. The van der Waals surface area contributed by atoms with Crippen LogP contribution in [-0.4, -0.2) is 21.4 Å². The Morgan fingerprint density at radius 1 is 1.19 bits per heavy atom. The van der Waals surface area contributed by atoms with Gasteiger partial charge in [0.1, 0.15) is 5.58 Å². The topological polar surface area (TPSA) is 85.2 Å². The highest BCUT2D eigenvalue weighted by atomic mass is 35.5. The van der Waals surface area contributed by atoms with Crippen molar-refractivity contribution in [3.05, 3.63) is 86.5 Å². The van der Waals surface area contributed by atoms with Crippen LogP contribution in [0.4, 0.5) is 5.69 Å². The molecule has 31 heavy (non-hydrogen) atoms. The number of hydrogen-bond acceptors (Lipinski definition) is 6. The standard InChI is InChI=1S/C24H21ClN4O2/c1-14-2-7-21-18(10-14)22(25)19(24(30)31-21)13-29-9-8-20-16(12-29)11-27-23(28-20)15-3-5-17(26)6-4-15/h2-7,10-11H,8-9,12-13,26H2,1H3. The van der Waals surface area contributed by atoms with E-state index in [-0.39, 0.29) is 5.63 Å². The van der Waals surface area contributed by atoms with E-state index in [0.717, 1.165) is 40.7 Å². The van der Waals surface area contributed by atoms with Crippen LogP contribution in [-0.2, 0) is 19.5 Å². The molecule has 4 aromatic rings. The van der Waals surface area contributed by atoms with Gasteiger partial charge in [-0.1, -0.05) is 23.2 Å². The molecule has 0 radical (unpaired) electrons. The molecule has 2 aromatic heterocycles. The Bertz CT molecular complexity index is 1350. The van der Waals surface area contributed by atoms with Gasteiger partial charge in [0.2, 0.25) is 0 Å². The molecule has 1 aliphatic heterocycles. The van der Waals surface area contributed by atoms with E-state index < -0.39 is 0 Å². The summed E-state index contributed by atoms with van der Waals surface area (Å²) in [6.07, 6.45) is 2.64. The Morgan fingerprint density at radius 3 is 2.81 bits per heavy atom. The van der Waals surface area contributed by atoms with E-state index in [9.17, 15) is 4.79 Å². The van der Waals surface area contributed by atoms with Gasteiger partial charge in [0.05, 0.1) is 16.3 Å². The van der Waals surface area contributed by atoms with Crippen LogP contribution < -0.4 is 11.4 Å². The average molecular weight is 433 g/mol. The lowest BCUT2D eigenvalue weighted by Gasteiger charge is -2.28. The summed E-state index contributed by atoms with van der Waals surface area (Å²) in [5, 5.41) is 1.24. The van der Waals surface area contributed by atoms with Crippen LogP contribution in [0, 0.1) is 6.92 Å². The van der Waals surface area contributed by atoms with Crippen molar-refractivity contribution >= 4 is 28.3 Å². The van der Waals surface area contributed by atoms with E-state index in [4.69, 9.17) is 26.7 Å². The minimum absolute atomic E-state index is 0.387. The number of nitrogen functional groups attached to an aromatic ring is 1. The normalized spacial score (nSPS) is 14.0. The fourth-order valence-corrected chi connectivity index (χ4v) is 4.24. The Kier molecular flexibility index (Phi) is 4.96. The molecule has 0 spiro atoms. The highest BCUT2D eigenvalue weighted by Crippen LogP contribution is 2.28. The van der Waals surface area contributed by atoms with E-state index >= 15 is 0 Å². The zero-order chi connectivity index (χ0) is 21.5. The number of hydrogen-bond donors (Lipinski definition) is 1. The highest BCUT2D eigenvalue weighted by Gasteiger charge is 2.22. The minimum atomic E-state index is -0.387. The molecule has 2 N–H and O–H groups in total. The fourth-order valence-electron chi connectivity index (χ4n) is 3.96. The van der Waals surface area contributed by atoms with Gasteiger partial charge < -0.3 is 10.2 Å². The average Bonchev–Trinajstić information content (AvgIpc) is 2.77. The Labute approximate surface area is 184 Å². The summed E-state index contributed by atoms with van der Waals surface area (Å²) in [4.78, 5) is 24.0. The number of fused-ring (bicyclic) bond motifs is 2. The molecule has 5 rings (SSSR count). The maximum atomic E-state index is 12.6. The van der Waals surface area contributed by atoms with Gasteiger partial charge >= 0.3 is 5.63 Å². The smallest absolute Gasteiger partial charge is 0.342 e. The van der Waals surface area contributed by atoms with Gasteiger partial charge in [-0.05, 0) is 43.3 Å². The lowest BCUT2D eigenvalue weighted by molar-refractivity contribution is 0.240. The second-order valence-corrected chi connectivity index (χ2v) is 8.31. The molecule has 0 saturated carbocycles. The van der Waals surface area contributed by atoms with Crippen molar-refractivity contribution in [2.45, 2.75) is 26.4 Å². The molecule has 0 saturated heterocycles. The highest BCUT2D eigenvalue weighted by molar-refractivity contribution is 6.36. The lowest BCUT2D eigenvalue weighted by atomic mass is 10.1. The van der Waals surface area contributed by atoms with E-state index in [2.05, 4.69) is 9.88 Å². The monoisotopic (exact) mass is 432 g/mol. The summed E-state index contributed by atoms with van der Waals surface area (Å²) >= 11 is 6.62. The van der Waals surface area contributed by atoms with Crippen LogP contribution in [0.3, 0.4) is 0 Å². The van der Waals surface area contributed by atoms with E-state index in [0.29, 0.717) is 40.8 Å². The molecule has 2 aromatic carbocycles. The van der Waals surface area contributed by atoms with Gasteiger partial charge in [-0.3, -0.25) is 4.90 Å². The molecule has 1 aliphatic rings. The van der Waals surface area contributed by atoms with Crippen molar-refractivity contribution < 1.29 is 4.42 Å². The molecule has 0 fully saturated rings. The molecule has 0 aliphatic carbocycles. The number of nitrogens with two attached hydrogens (primary N) is 1. The lowest BCUT2D eigenvalue weighted by Crippen LogP contribution is -2.32.